The topological polar surface area (TPSA) is 52.9 Å². The van der Waals surface area contributed by atoms with Gasteiger partial charge in [0.1, 0.15) is 0 Å². The van der Waals surface area contributed by atoms with Crippen molar-refractivity contribution in [2.45, 2.75) is 53.4 Å². The first-order valence-electron chi connectivity index (χ1n) is 7.78. The number of carboxylic acids is 1. The zero-order valence-corrected chi connectivity index (χ0v) is 13.9. The molecule has 0 fully saturated rings. The highest BCUT2D eigenvalue weighted by Crippen LogP contribution is 2.09. The molecule has 4 heteroatoms. The van der Waals surface area contributed by atoms with Crippen molar-refractivity contribution >= 4 is 11.7 Å². The molecule has 0 spiro atoms. The third-order valence-corrected chi connectivity index (χ3v) is 3.48. The Morgan fingerprint density at radius 1 is 1.30 bits per heavy atom. The zero-order chi connectivity index (χ0) is 15.5. The minimum absolute atomic E-state index is 0.205. The lowest BCUT2D eigenvalue weighted by molar-refractivity contribution is -0.142. The molecule has 20 heavy (non-hydrogen) atoms. The van der Waals surface area contributed by atoms with E-state index in [2.05, 4.69) is 37.7 Å². The van der Waals surface area contributed by atoms with Crippen molar-refractivity contribution in [2.75, 3.05) is 26.7 Å². The molecule has 0 aromatic rings. The zero-order valence-electron chi connectivity index (χ0n) is 13.9. The highest BCUT2D eigenvalue weighted by molar-refractivity contribution is 5.82. The summed E-state index contributed by atoms with van der Waals surface area (Å²) in [5.74, 6) is -0.206. The van der Waals surface area contributed by atoms with Gasteiger partial charge < -0.3 is 10.0 Å². The van der Waals surface area contributed by atoms with Gasteiger partial charge in [-0.25, -0.2) is 0 Å². The molecule has 118 valence electrons. The summed E-state index contributed by atoms with van der Waals surface area (Å²) in [7, 11) is 2.05. The molecule has 0 heterocycles. The Morgan fingerprint density at radius 3 is 2.45 bits per heavy atom. The van der Waals surface area contributed by atoms with Crippen LogP contribution in [-0.4, -0.2) is 48.4 Å². The molecule has 0 aliphatic rings. The molecule has 0 radical (unpaired) electrons. The van der Waals surface area contributed by atoms with E-state index in [0.717, 1.165) is 38.9 Å². The predicted molar refractivity (Wildman–Crippen MR) is 85.6 cm³/mol. The van der Waals surface area contributed by atoms with Crippen LogP contribution >= 0.6 is 0 Å². The first-order chi connectivity index (χ1) is 9.36. The van der Waals surface area contributed by atoms with Crippen molar-refractivity contribution in [3.8, 4) is 0 Å². The normalized spacial score (nSPS) is 14.1. The van der Waals surface area contributed by atoms with Crippen molar-refractivity contribution in [1.29, 1.82) is 0 Å². The molecule has 0 bridgehead atoms. The lowest BCUT2D eigenvalue weighted by atomic mass is 10.0. The molecule has 0 rings (SSSR count). The number of rotatable bonds is 11. The van der Waals surface area contributed by atoms with Gasteiger partial charge in [-0.15, -0.1) is 0 Å². The number of aliphatic carboxylic acids is 1. The van der Waals surface area contributed by atoms with Gasteiger partial charge in [0.05, 0.1) is 5.92 Å². The molecule has 0 aromatic heterocycles. The molecule has 0 aliphatic heterocycles. The Hall–Kier alpha value is -0.900. The van der Waals surface area contributed by atoms with Gasteiger partial charge in [-0.05, 0) is 58.7 Å². The first kappa shape index (κ1) is 19.1. The van der Waals surface area contributed by atoms with Crippen molar-refractivity contribution < 1.29 is 9.90 Å². The van der Waals surface area contributed by atoms with Crippen LogP contribution in [0.1, 0.15) is 53.4 Å². The highest BCUT2D eigenvalue weighted by Gasteiger charge is 2.15. The molecule has 4 nitrogen and oxygen atoms in total. The molecule has 0 amide bonds. The van der Waals surface area contributed by atoms with Gasteiger partial charge >= 0.3 is 5.97 Å². The highest BCUT2D eigenvalue weighted by atomic mass is 16.4. The summed E-state index contributed by atoms with van der Waals surface area (Å²) in [6, 6.07) is 0. The summed E-state index contributed by atoms with van der Waals surface area (Å²) in [6.07, 6.45) is 3.56. The van der Waals surface area contributed by atoms with E-state index in [1.165, 1.54) is 5.71 Å². The van der Waals surface area contributed by atoms with Crippen LogP contribution in [0.25, 0.3) is 0 Å². The summed E-state index contributed by atoms with van der Waals surface area (Å²) in [4.78, 5) is 17.7. The minimum atomic E-state index is -0.671. The summed E-state index contributed by atoms with van der Waals surface area (Å²) in [5, 5.41) is 9.00. The fraction of sp³-hybridized carbons (Fsp3) is 0.875. The third-order valence-electron chi connectivity index (χ3n) is 3.48. The van der Waals surface area contributed by atoms with Crippen LogP contribution in [0, 0.1) is 11.8 Å². The minimum Gasteiger partial charge on any atom is -0.481 e. The Morgan fingerprint density at radius 2 is 1.95 bits per heavy atom. The van der Waals surface area contributed by atoms with Crippen molar-refractivity contribution in [1.82, 2.24) is 4.90 Å². The van der Waals surface area contributed by atoms with Gasteiger partial charge in [-0.1, -0.05) is 20.8 Å². The summed E-state index contributed by atoms with van der Waals surface area (Å²) in [6.45, 7) is 11.2. The maximum absolute atomic E-state index is 10.9. The van der Waals surface area contributed by atoms with Gasteiger partial charge in [0, 0.05) is 12.3 Å². The lowest BCUT2D eigenvalue weighted by Gasteiger charge is -2.18. The summed E-state index contributed by atoms with van der Waals surface area (Å²) >= 11 is 0. The Kier molecular flexibility index (Phi) is 10.3. The van der Waals surface area contributed by atoms with E-state index in [9.17, 15) is 4.79 Å². The van der Waals surface area contributed by atoms with Crippen molar-refractivity contribution in [3.05, 3.63) is 0 Å². The first-order valence-corrected chi connectivity index (χ1v) is 7.78. The second-order valence-corrected chi connectivity index (χ2v) is 6.10. The predicted octanol–water partition coefficient (Wildman–Crippen LogP) is 3.32. The van der Waals surface area contributed by atoms with Crippen LogP contribution < -0.4 is 0 Å². The van der Waals surface area contributed by atoms with Crippen LogP contribution in [0.15, 0.2) is 4.99 Å². The van der Waals surface area contributed by atoms with Gasteiger partial charge in [-0.2, -0.15) is 0 Å². The molecular formula is C16H32N2O2. The van der Waals surface area contributed by atoms with Crippen LogP contribution in [0.5, 0.6) is 0 Å². The molecule has 1 atom stereocenters. The number of aliphatic imine (C=N–C) groups is 1. The fourth-order valence-corrected chi connectivity index (χ4v) is 2.26. The van der Waals surface area contributed by atoms with E-state index < -0.39 is 5.97 Å². The Bertz CT molecular complexity index is 301. The van der Waals surface area contributed by atoms with Crippen molar-refractivity contribution in [3.63, 3.8) is 0 Å². The van der Waals surface area contributed by atoms with Crippen LogP contribution in [-0.2, 0) is 4.79 Å². The molecule has 1 N–H and O–H groups in total. The number of hydrogen-bond acceptors (Lipinski definition) is 3. The quantitative estimate of drug-likeness (QED) is 0.468. The van der Waals surface area contributed by atoms with Gasteiger partial charge in [0.2, 0.25) is 0 Å². The number of carbonyl (C=O) groups is 1. The van der Waals surface area contributed by atoms with Crippen molar-refractivity contribution in [2.24, 2.45) is 16.8 Å². The van der Waals surface area contributed by atoms with E-state index >= 15 is 0 Å². The van der Waals surface area contributed by atoms with Crippen LogP contribution in [0.3, 0.4) is 0 Å². The SMILES string of the molecule is CCC(CCN(C)CCC/N=C(\C)CC(C)C)C(=O)O. The Balaban J connectivity index is 3.78. The van der Waals surface area contributed by atoms with Crippen LogP contribution in [0.4, 0.5) is 0 Å². The van der Waals surface area contributed by atoms with E-state index in [0.29, 0.717) is 12.3 Å². The molecule has 0 aromatic carbocycles. The number of carboxylic acid groups (broad SMARTS) is 1. The number of nitrogens with zero attached hydrogens (tertiary/aromatic N) is 2. The third kappa shape index (κ3) is 9.96. The second kappa shape index (κ2) is 10.8. The number of hydrogen-bond donors (Lipinski definition) is 1. The van der Waals surface area contributed by atoms with E-state index in [1.807, 2.05) is 6.92 Å². The molecule has 1 unspecified atom stereocenters. The summed E-state index contributed by atoms with van der Waals surface area (Å²) in [5.41, 5.74) is 1.24. The standard InChI is InChI=1S/C16H32N2O2/c1-6-15(16(19)20)8-11-18(5)10-7-9-17-14(4)12-13(2)3/h13,15H,6-12H2,1-5H3,(H,19,20)/b17-14+. The van der Waals surface area contributed by atoms with E-state index in [-0.39, 0.29) is 5.92 Å². The molecule has 0 saturated heterocycles. The maximum Gasteiger partial charge on any atom is 0.306 e. The smallest absolute Gasteiger partial charge is 0.306 e. The molecule has 0 aliphatic carbocycles. The second-order valence-electron chi connectivity index (χ2n) is 6.10. The molecular weight excluding hydrogens is 252 g/mol. The monoisotopic (exact) mass is 284 g/mol. The van der Waals surface area contributed by atoms with Gasteiger partial charge in [0.25, 0.3) is 0 Å². The Labute approximate surface area is 124 Å². The molecule has 0 saturated carbocycles. The fourth-order valence-electron chi connectivity index (χ4n) is 2.26. The van der Waals surface area contributed by atoms with E-state index in [4.69, 9.17) is 5.11 Å². The largest absolute Gasteiger partial charge is 0.481 e. The van der Waals surface area contributed by atoms with Gasteiger partial charge in [-0.3, -0.25) is 9.79 Å². The maximum atomic E-state index is 10.9. The van der Waals surface area contributed by atoms with Crippen LogP contribution in [0.2, 0.25) is 0 Å². The summed E-state index contributed by atoms with van der Waals surface area (Å²) < 4.78 is 0. The van der Waals surface area contributed by atoms with E-state index in [1.54, 1.807) is 0 Å². The average Bonchev–Trinajstić information content (AvgIpc) is 2.34. The average molecular weight is 284 g/mol. The van der Waals surface area contributed by atoms with Gasteiger partial charge in [0.15, 0.2) is 0 Å². The lowest BCUT2D eigenvalue weighted by Crippen LogP contribution is -2.25.